The van der Waals surface area contributed by atoms with Gasteiger partial charge in [-0.25, -0.2) is 0 Å². The Morgan fingerprint density at radius 3 is 2.73 bits per heavy atom. The summed E-state index contributed by atoms with van der Waals surface area (Å²) in [6, 6.07) is 8.63. The minimum atomic E-state index is 0.190. The summed E-state index contributed by atoms with van der Waals surface area (Å²) < 4.78 is 2.16. The second-order valence-corrected chi connectivity index (χ2v) is 6.56. The van der Waals surface area contributed by atoms with Gasteiger partial charge in [0, 0.05) is 36.6 Å². The Bertz CT molecular complexity index is 670. The molecule has 1 aromatic heterocycles. The van der Waals surface area contributed by atoms with E-state index in [4.69, 9.17) is 0 Å². The summed E-state index contributed by atoms with van der Waals surface area (Å²) in [5, 5.41) is 4.41. The number of aromatic nitrogens is 1. The average molecular weight is 299 g/mol. The average Bonchev–Trinajstić information content (AvgIpc) is 2.75. The monoisotopic (exact) mass is 299 g/mol. The number of hydrogen-bond acceptors (Lipinski definition) is 2. The molecule has 1 aromatic carbocycles. The number of hydrogen-bond donors (Lipinski definition) is 1. The van der Waals surface area contributed by atoms with Crippen molar-refractivity contribution in [3.8, 4) is 0 Å². The first-order valence-electron chi connectivity index (χ1n) is 8.06. The van der Waals surface area contributed by atoms with Crippen LogP contribution in [0, 0.1) is 5.92 Å². The molecule has 1 atom stereocenters. The normalized spacial score (nSPS) is 16.7. The summed E-state index contributed by atoms with van der Waals surface area (Å²) in [6.45, 7) is 0.663. The second kappa shape index (κ2) is 6.13. The van der Waals surface area contributed by atoms with Crippen molar-refractivity contribution in [2.24, 2.45) is 13.0 Å². The van der Waals surface area contributed by atoms with Crippen LogP contribution in [0.2, 0.25) is 0 Å². The molecule has 1 aliphatic carbocycles. The lowest BCUT2D eigenvalue weighted by molar-refractivity contribution is -0.127. The first kappa shape index (κ1) is 15.1. The summed E-state index contributed by atoms with van der Waals surface area (Å²) in [4.78, 5) is 14.3. The van der Waals surface area contributed by atoms with Crippen LogP contribution in [0.25, 0.3) is 10.9 Å². The minimum absolute atomic E-state index is 0.190. The van der Waals surface area contributed by atoms with Crippen molar-refractivity contribution < 1.29 is 4.79 Å². The topological polar surface area (TPSA) is 37.3 Å². The molecular formula is C18H25N3O. The maximum absolute atomic E-state index is 12.1. The Morgan fingerprint density at radius 1 is 1.36 bits per heavy atom. The lowest BCUT2D eigenvalue weighted by Gasteiger charge is -2.28. The van der Waals surface area contributed by atoms with E-state index in [-0.39, 0.29) is 17.9 Å². The largest absolute Gasteiger partial charge is 0.354 e. The van der Waals surface area contributed by atoms with Crippen LogP contribution < -0.4 is 5.32 Å². The summed E-state index contributed by atoms with van der Waals surface area (Å²) >= 11 is 0. The van der Waals surface area contributed by atoms with Crippen molar-refractivity contribution in [3.63, 3.8) is 0 Å². The van der Waals surface area contributed by atoms with Gasteiger partial charge in [-0.3, -0.25) is 4.79 Å². The first-order valence-corrected chi connectivity index (χ1v) is 8.06. The molecule has 0 radical (unpaired) electrons. The number of para-hydroxylation sites is 1. The van der Waals surface area contributed by atoms with E-state index in [9.17, 15) is 4.79 Å². The molecule has 4 nitrogen and oxygen atoms in total. The molecule has 1 saturated carbocycles. The van der Waals surface area contributed by atoms with Gasteiger partial charge in [0.1, 0.15) is 0 Å². The van der Waals surface area contributed by atoms with E-state index >= 15 is 0 Å². The minimum Gasteiger partial charge on any atom is -0.354 e. The highest BCUT2D eigenvalue weighted by Gasteiger charge is 2.26. The number of likely N-dealkylation sites (N-methyl/N-ethyl adjacent to an activating group) is 1. The van der Waals surface area contributed by atoms with E-state index in [1.54, 1.807) is 0 Å². The molecule has 0 saturated heterocycles. The van der Waals surface area contributed by atoms with Crippen LogP contribution in [0.15, 0.2) is 30.5 Å². The van der Waals surface area contributed by atoms with Crippen LogP contribution in [-0.4, -0.2) is 36.0 Å². The molecule has 0 bridgehead atoms. The molecule has 1 fully saturated rings. The fourth-order valence-corrected chi connectivity index (χ4v) is 3.22. The zero-order valence-corrected chi connectivity index (χ0v) is 13.7. The Balaban J connectivity index is 1.81. The SMILES string of the molecule is CN(C)[C@H](CNC(=O)C1CCC1)c1cn(C)c2ccccc12. The number of rotatable bonds is 5. The molecule has 2 aromatic rings. The highest BCUT2D eigenvalue weighted by Crippen LogP contribution is 2.29. The number of benzene rings is 1. The highest BCUT2D eigenvalue weighted by atomic mass is 16.1. The van der Waals surface area contributed by atoms with Crippen molar-refractivity contribution in [1.82, 2.24) is 14.8 Å². The molecular weight excluding hydrogens is 274 g/mol. The lowest BCUT2D eigenvalue weighted by Crippen LogP contribution is -2.39. The van der Waals surface area contributed by atoms with Gasteiger partial charge in [0.2, 0.25) is 5.91 Å². The van der Waals surface area contributed by atoms with Gasteiger partial charge in [0.15, 0.2) is 0 Å². The van der Waals surface area contributed by atoms with Crippen LogP contribution in [0.3, 0.4) is 0 Å². The number of fused-ring (bicyclic) bond motifs is 1. The van der Waals surface area contributed by atoms with Gasteiger partial charge in [0.25, 0.3) is 0 Å². The molecule has 118 valence electrons. The molecule has 0 unspecified atom stereocenters. The fraction of sp³-hybridized carbons (Fsp3) is 0.500. The van der Waals surface area contributed by atoms with Crippen molar-refractivity contribution >= 4 is 16.8 Å². The number of amides is 1. The number of aryl methyl sites for hydroxylation is 1. The van der Waals surface area contributed by atoms with E-state index in [1.807, 2.05) is 0 Å². The maximum Gasteiger partial charge on any atom is 0.223 e. The van der Waals surface area contributed by atoms with Gasteiger partial charge in [-0.2, -0.15) is 0 Å². The Hall–Kier alpha value is -1.81. The van der Waals surface area contributed by atoms with Crippen LogP contribution in [0.1, 0.15) is 30.9 Å². The summed E-state index contributed by atoms with van der Waals surface area (Å²) in [6.07, 6.45) is 5.48. The van der Waals surface area contributed by atoms with Crippen LogP contribution in [0.4, 0.5) is 0 Å². The summed E-state index contributed by atoms with van der Waals surface area (Å²) in [7, 11) is 6.22. The summed E-state index contributed by atoms with van der Waals surface area (Å²) in [5.41, 5.74) is 2.51. The highest BCUT2D eigenvalue weighted by molar-refractivity contribution is 5.84. The molecule has 1 N–H and O–H groups in total. The molecule has 22 heavy (non-hydrogen) atoms. The number of nitrogens with zero attached hydrogens (tertiary/aromatic N) is 2. The smallest absolute Gasteiger partial charge is 0.223 e. The quantitative estimate of drug-likeness (QED) is 0.921. The van der Waals surface area contributed by atoms with Gasteiger partial charge >= 0.3 is 0 Å². The van der Waals surface area contributed by atoms with E-state index in [0.29, 0.717) is 6.54 Å². The van der Waals surface area contributed by atoms with E-state index in [0.717, 1.165) is 12.8 Å². The Morgan fingerprint density at radius 2 is 2.09 bits per heavy atom. The first-order chi connectivity index (χ1) is 10.6. The van der Waals surface area contributed by atoms with Crippen molar-refractivity contribution in [1.29, 1.82) is 0 Å². The van der Waals surface area contributed by atoms with E-state index in [2.05, 4.69) is 66.4 Å². The Kier molecular flexibility index (Phi) is 4.21. The van der Waals surface area contributed by atoms with Crippen LogP contribution in [-0.2, 0) is 11.8 Å². The predicted octanol–water partition coefficient (Wildman–Crippen LogP) is 2.70. The molecule has 1 aliphatic rings. The zero-order valence-electron chi connectivity index (χ0n) is 13.7. The third-order valence-corrected chi connectivity index (χ3v) is 4.86. The molecule has 0 aliphatic heterocycles. The van der Waals surface area contributed by atoms with Crippen LogP contribution >= 0.6 is 0 Å². The number of nitrogens with one attached hydrogen (secondary N) is 1. The van der Waals surface area contributed by atoms with Gasteiger partial charge in [-0.1, -0.05) is 24.6 Å². The predicted molar refractivity (Wildman–Crippen MR) is 89.7 cm³/mol. The number of carbonyl (C=O) groups excluding carboxylic acids is 1. The Labute approximate surface area is 132 Å². The zero-order chi connectivity index (χ0) is 15.7. The van der Waals surface area contributed by atoms with Gasteiger partial charge in [-0.05, 0) is 38.6 Å². The standard InChI is InChI=1S/C18H25N3O/c1-20(2)17(11-19-18(22)13-7-6-8-13)15-12-21(3)16-10-5-4-9-14(15)16/h4-5,9-10,12-13,17H,6-8,11H2,1-3H3,(H,19,22)/t17-/m1/s1. The van der Waals surface area contributed by atoms with Crippen molar-refractivity contribution in [3.05, 3.63) is 36.0 Å². The van der Waals surface area contributed by atoms with Gasteiger partial charge < -0.3 is 14.8 Å². The van der Waals surface area contributed by atoms with Gasteiger partial charge in [0.05, 0.1) is 6.04 Å². The van der Waals surface area contributed by atoms with E-state index in [1.165, 1.54) is 22.9 Å². The molecule has 3 rings (SSSR count). The third-order valence-electron chi connectivity index (χ3n) is 4.86. The fourth-order valence-electron chi connectivity index (χ4n) is 3.22. The molecule has 0 spiro atoms. The maximum atomic E-state index is 12.1. The molecule has 1 amide bonds. The number of carbonyl (C=O) groups is 1. The van der Waals surface area contributed by atoms with E-state index < -0.39 is 0 Å². The second-order valence-electron chi connectivity index (χ2n) is 6.56. The molecule has 4 heteroatoms. The van der Waals surface area contributed by atoms with Crippen LogP contribution in [0.5, 0.6) is 0 Å². The summed E-state index contributed by atoms with van der Waals surface area (Å²) in [5.74, 6) is 0.466. The van der Waals surface area contributed by atoms with Crippen molar-refractivity contribution in [2.75, 3.05) is 20.6 Å². The van der Waals surface area contributed by atoms with Gasteiger partial charge in [-0.15, -0.1) is 0 Å². The lowest BCUT2D eigenvalue weighted by atomic mass is 9.85. The molecule has 1 heterocycles. The van der Waals surface area contributed by atoms with Crippen molar-refractivity contribution in [2.45, 2.75) is 25.3 Å². The third kappa shape index (κ3) is 2.75.